The van der Waals surface area contributed by atoms with Crippen LogP contribution in [0.15, 0.2) is 11.8 Å². The molecule has 1 aliphatic rings. The molecule has 0 radical (unpaired) electrons. The molecule has 1 rings (SSSR count). The van der Waals surface area contributed by atoms with Crippen LogP contribution in [0, 0.1) is 0 Å². The van der Waals surface area contributed by atoms with E-state index in [1.165, 1.54) is 0 Å². The monoisotopic (exact) mass is 171 g/mol. The molecule has 1 unspecified atom stereocenters. The van der Waals surface area contributed by atoms with Crippen molar-refractivity contribution in [3.8, 4) is 0 Å². The number of hydrogen-bond acceptors (Lipinski definition) is 3. The number of aliphatic hydroxyl groups is 1. The molecule has 62 valence electrons. The minimum atomic E-state index is -0.472. The van der Waals surface area contributed by atoms with Gasteiger partial charge in [0.1, 0.15) is 6.10 Å². The van der Waals surface area contributed by atoms with Crippen molar-refractivity contribution in [2.75, 3.05) is 13.1 Å². The Morgan fingerprint density at radius 2 is 2.09 bits per heavy atom. The third kappa shape index (κ3) is 1.44. The van der Waals surface area contributed by atoms with Crippen LogP contribution in [-0.4, -0.2) is 34.1 Å². The van der Waals surface area contributed by atoms with E-state index >= 15 is 0 Å². The highest BCUT2D eigenvalue weighted by molar-refractivity contribution is 7.81. The predicted octanol–water partition coefficient (Wildman–Crippen LogP) is 0.956. The first-order valence-corrected chi connectivity index (χ1v) is 4.30. The van der Waals surface area contributed by atoms with E-state index in [4.69, 9.17) is 17.3 Å². The van der Waals surface area contributed by atoms with Crippen LogP contribution in [0.4, 0.5) is 0 Å². The number of hydrogen-bond donors (Lipinski definition) is 1. The van der Waals surface area contributed by atoms with Crippen molar-refractivity contribution in [1.29, 1.82) is 0 Å². The fourth-order valence-corrected chi connectivity index (χ4v) is 1.45. The number of thiocarbonyl (C=S) groups is 1. The first-order chi connectivity index (χ1) is 5.20. The molecule has 0 heterocycles. The van der Waals surface area contributed by atoms with Crippen molar-refractivity contribution in [1.82, 2.24) is 4.90 Å². The summed E-state index contributed by atoms with van der Waals surface area (Å²) in [6.07, 6.45) is 1.33. The van der Waals surface area contributed by atoms with E-state index in [0.717, 1.165) is 18.8 Å². The van der Waals surface area contributed by atoms with Gasteiger partial charge in [-0.2, -0.15) is 0 Å². The average molecular weight is 171 g/mol. The lowest BCUT2D eigenvalue weighted by molar-refractivity contribution is 0.265. The van der Waals surface area contributed by atoms with E-state index in [1.54, 1.807) is 6.08 Å². The van der Waals surface area contributed by atoms with Crippen molar-refractivity contribution in [2.24, 2.45) is 0 Å². The summed E-state index contributed by atoms with van der Waals surface area (Å²) >= 11 is 4.98. The second-order valence-electron chi connectivity index (χ2n) is 2.53. The van der Waals surface area contributed by atoms with E-state index in [0.29, 0.717) is 4.86 Å². The quantitative estimate of drug-likeness (QED) is 0.640. The normalized spacial score (nSPS) is 22.6. The van der Waals surface area contributed by atoms with E-state index in [2.05, 4.69) is 18.7 Å². The van der Waals surface area contributed by atoms with Gasteiger partial charge in [-0.25, -0.2) is 0 Å². The first-order valence-electron chi connectivity index (χ1n) is 3.89. The molecule has 11 heavy (non-hydrogen) atoms. The smallest absolute Gasteiger partial charge is 0.112 e. The topological polar surface area (TPSA) is 23.5 Å². The minimum Gasteiger partial charge on any atom is -0.383 e. The Morgan fingerprint density at radius 3 is 2.36 bits per heavy atom. The van der Waals surface area contributed by atoms with Gasteiger partial charge in [0, 0.05) is 13.1 Å². The molecule has 0 aromatic rings. The van der Waals surface area contributed by atoms with E-state index < -0.39 is 6.10 Å². The highest BCUT2D eigenvalue weighted by Gasteiger charge is 2.26. The summed E-state index contributed by atoms with van der Waals surface area (Å²) in [7, 11) is 0. The number of rotatable bonds is 3. The van der Waals surface area contributed by atoms with Gasteiger partial charge in [0.15, 0.2) is 0 Å². The van der Waals surface area contributed by atoms with Crippen molar-refractivity contribution >= 4 is 17.1 Å². The van der Waals surface area contributed by atoms with Crippen LogP contribution in [0.1, 0.15) is 13.8 Å². The van der Waals surface area contributed by atoms with Crippen molar-refractivity contribution in [2.45, 2.75) is 20.0 Å². The van der Waals surface area contributed by atoms with Crippen molar-refractivity contribution in [3.63, 3.8) is 0 Å². The van der Waals surface area contributed by atoms with E-state index in [-0.39, 0.29) is 0 Å². The number of aliphatic hydroxyl groups excluding tert-OH is 1. The van der Waals surface area contributed by atoms with Gasteiger partial charge in [0.2, 0.25) is 0 Å². The lowest BCUT2D eigenvalue weighted by atomic mass is 10.0. The molecule has 0 aromatic carbocycles. The molecule has 0 fully saturated rings. The zero-order valence-electron chi connectivity index (χ0n) is 6.87. The highest BCUT2D eigenvalue weighted by Crippen LogP contribution is 2.20. The lowest BCUT2D eigenvalue weighted by Crippen LogP contribution is -2.39. The van der Waals surface area contributed by atoms with Crippen LogP contribution in [0.2, 0.25) is 0 Å². The summed E-state index contributed by atoms with van der Waals surface area (Å²) in [5.74, 6) is 0. The first kappa shape index (κ1) is 8.68. The van der Waals surface area contributed by atoms with Crippen LogP contribution in [-0.2, 0) is 0 Å². The predicted molar refractivity (Wildman–Crippen MR) is 49.6 cm³/mol. The molecule has 2 nitrogen and oxygen atoms in total. The Balaban J connectivity index is 2.62. The van der Waals surface area contributed by atoms with Crippen molar-refractivity contribution < 1.29 is 5.11 Å². The zero-order chi connectivity index (χ0) is 8.43. The fourth-order valence-electron chi connectivity index (χ4n) is 1.19. The Bertz CT molecular complexity index is 196. The Morgan fingerprint density at radius 1 is 1.55 bits per heavy atom. The molecular weight excluding hydrogens is 158 g/mol. The highest BCUT2D eigenvalue weighted by atomic mass is 32.1. The van der Waals surface area contributed by atoms with Gasteiger partial charge < -0.3 is 10.0 Å². The van der Waals surface area contributed by atoms with Crippen LogP contribution in [0.5, 0.6) is 0 Å². The summed E-state index contributed by atoms with van der Waals surface area (Å²) in [4.78, 5) is 2.84. The van der Waals surface area contributed by atoms with Crippen LogP contribution in [0.3, 0.4) is 0 Å². The molecule has 0 amide bonds. The van der Waals surface area contributed by atoms with Gasteiger partial charge in [-0.3, -0.25) is 0 Å². The zero-order valence-corrected chi connectivity index (χ0v) is 7.69. The van der Waals surface area contributed by atoms with Crippen LogP contribution >= 0.6 is 12.2 Å². The third-order valence-corrected chi connectivity index (χ3v) is 2.39. The Kier molecular flexibility index (Phi) is 2.62. The van der Waals surface area contributed by atoms with Crippen LogP contribution < -0.4 is 0 Å². The standard InChI is InChI=1S/C8H13NOS/c1-3-9(4-2)6-5-7(10)8(6)11/h5,7,10H,3-4H2,1-2H3. The van der Waals surface area contributed by atoms with Gasteiger partial charge in [-0.05, 0) is 19.9 Å². The second-order valence-corrected chi connectivity index (χ2v) is 2.97. The summed E-state index contributed by atoms with van der Waals surface area (Å²) in [6.45, 7) is 6.07. The molecule has 1 N–H and O–H groups in total. The SMILES string of the molecule is CCN(CC)C1=CC(O)C1=S. The lowest BCUT2D eigenvalue weighted by Gasteiger charge is -2.32. The summed E-state index contributed by atoms with van der Waals surface area (Å²) in [6, 6.07) is 0. The molecule has 0 saturated carbocycles. The molecule has 1 atom stereocenters. The maximum atomic E-state index is 9.08. The molecule has 0 spiro atoms. The molecule has 0 aliphatic heterocycles. The molecular formula is C8H13NOS. The number of nitrogens with zero attached hydrogens (tertiary/aromatic N) is 1. The van der Waals surface area contributed by atoms with Gasteiger partial charge >= 0.3 is 0 Å². The molecule has 0 bridgehead atoms. The second kappa shape index (κ2) is 3.32. The maximum Gasteiger partial charge on any atom is 0.112 e. The molecule has 1 aliphatic carbocycles. The third-order valence-electron chi connectivity index (χ3n) is 1.94. The van der Waals surface area contributed by atoms with E-state index in [9.17, 15) is 0 Å². The molecule has 3 heteroatoms. The summed E-state index contributed by atoms with van der Waals surface area (Å²) in [5, 5.41) is 9.08. The van der Waals surface area contributed by atoms with Crippen LogP contribution in [0.25, 0.3) is 0 Å². The molecule has 0 aromatic heterocycles. The summed E-state index contributed by atoms with van der Waals surface area (Å²) < 4.78 is 0. The average Bonchev–Trinajstić information content (AvgIpc) is 2.05. The maximum absolute atomic E-state index is 9.08. The fraction of sp³-hybridized carbons (Fsp3) is 0.625. The molecule has 0 saturated heterocycles. The van der Waals surface area contributed by atoms with Gasteiger partial charge in [-0.1, -0.05) is 12.2 Å². The Labute approximate surface area is 72.5 Å². The Hall–Kier alpha value is -0.410. The summed E-state index contributed by atoms with van der Waals surface area (Å²) in [5.41, 5.74) is 1.04. The van der Waals surface area contributed by atoms with E-state index in [1.807, 2.05) is 0 Å². The largest absolute Gasteiger partial charge is 0.383 e. The van der Waals surface area contributed by atoms with Gasteiger partial charge in [0.25, 0.3) is 0 Å². The van der Waals surface area contributed by atoms with Gasteiger partial charge in [-0.15, -0.1) is 0 Å². The van der Waals surface area contributed by atoms with Gasteiger partial charge in [0.05, 0.1) is 10.6 Å². The minimum absolute atomic E-state index is 0.472. The van der Waals surface area contributed by atoms with Crippen molar-refractivity contribution in [3.05, 3.63) is 11.8 Å².